The summed E-state index contributed by atoms with van der Waals surface area (Å²) in [5.74, 6) is -0.926. The van der Waals surface area contributed by atoms with E-state index >= 15 is 0 Å². The summed E-state index contributed by atoms with van der Waals surface area (Å²) >= 11 is 0. The molecule has 92 valence electrons. The summed E-state index contributed by atoms with van der Waals surface area (Å²) in [6.45, 7) is 1.98. The van der Waals surface area contributed by atoms with Gasteiger partial charge in [-0.2, -0.15) is 4.39 Å². The minimum absolute atomic E-state index is 0.334. The predicted molar refractivity (Wildman–Crippen MR) is 60.9 cm³/mol. The summed E-state index contributed by atoms with van der Waals surface area (Å²) in [5.41, 5.74) is 0.117. The summed E-state index contributed by atoms with van der Waals surface area (Å²) in [7, 11) is 0. The van der Waals surface area contributed by atoms with E-state index in [4.69, 9.17) is 5.21 Å². The van der Waals surface area contributed by atoms with Crippen molar-refractivity contribution in [2.45, 2.75) is 26.2 Å². The molecule has 0 unspecified atom stereocenters. The smallest absolute Gasteiger partial charge is 0.304 e. The van der Waals surface area contributed by atoms with Gasteiger partial charge in [-0.25, -0.2) is 0 Å². The van der Waals surface area contributed by atoms with E-state index in [-0.39, 0.29) is 0 Å². The lowest BCUT2D eigenvalue weighted by atomic mass is 10.0. The van der Waals surface area contributed by atoms with Gasteiger partial charge in [-0.15, -0.1) is 0 Å². The van der Waals surface area contributed by atoms with Gasteiger partial charge < -0.3 is 5.21 Å². The number of nitro benzene ring substituents is 1. The number of oxime groups is 1. The maximum atomic E-state index is 13.3. The quantitative estimate of drug-likeness (QED) is 0.372. The molecule has 1 rings (SSSR count). The van der Waals surface area contributed by atoms with Gasteiger partial charge in [0.05, 0.1) is 10.6 Å². The number of nitrogens with zero attached hydrogens (tertiary/aromatic N) is 2. The van der Waals surface area contributed by atoms with Crippen molar-refractivity contribution in [3.63, 3.8) is 0 Å². The fraction of sp³-hybridized carbons (Fsp3) is 0.364. The lowest BCUT2D eigenvalue weighted by Gasteiger charge is -2.04. The maximum absolute atomic E-state index is 13.3. The normalized spacial score (nSPS) is 11.5. The van der Waals surface area contributed by atoms with E-state index in [2.05, 4.69) is 5.16 Å². The Morgan fingerprint density at radius 1 is 1.59 bits per heavy atom. The van der Waals surface area contributed by atoms with Crippen LogP contribution in [0.2, 0.25) is 0 Å². The van der Waals surface area contributed by atoms with Crippen LogP contribution in [0.15, 0.2) is 23.4 Å². The number of halogens is 1. The number of nitro groups is 1. The lowest BCUT2D eigenvalue weighted by Crippen LogP contribution is -2.03. The Labute approximate surface area is 97.7 Å². The first-order valence-electron chi connectivity index (χ1n) is 5.25. The van der Waals surface area contributed by atoms with E-state index in [1.54, 1.807) is 0 Å². The van der Waals surface area contributed by atoms with E-state index < -0.39 is 16.4 Å². The van der Waals surface area contributed by atoms with Crippen LogP contribution < -0.4 is 0 Å². The van der Waals surface area contributed by atoms with E-state index in [0.717, 1.165) is 25.0 Å². The number of unbranched alkanes of at least 4 members (excludes halogenated alkanes) is 1. The zero-order chi connectivity index (χ0) is 12.8. The molecule has 0 atom stereocenters. The van der Waals surface area contributed by atoms with Crippen LogP contribution in [-0.4, -0.2) is 15.8 Å². The molecule has 1 aromatic carbocycles. The molecule has 0 aliphatic heterocycles. The third-order valence-corrected chi connectivity index (χ3v) is 2.37. The predicted octanol–water partition coefficient (Wildman–Crippen LogP) is 3.10. The van der Waals surface area contributed by atoms with Gasteiger partial charge in [0.1, 0.15) is 0 Å². The van der Waals surface area contributed by atoms with Crippen molar-refractivity contribution in [2.24, 2.45) is 5.16 Å². The van der Waals surface area contributed by atoms with Crippen LogP contribution in [0, 0.1) is 15.9 Å². The molecule has 5 nitrogen and oxygen atoms in total. The molecule has 0 aliphatic carbocycles. The Morgan fingerprint density at radius 2 is 2.29 bits per heavy atom. The van der Waals surface area contributed by atoms with Crippen LogP contribution in [-0.2, 0) is 0 Å². The molecule has 1 N–H and O–H groups in total. The lowest BCUT2D eigenvalue weighted by molar-refractivity contribution is -0.387. The van der Waals surface area contributed by atoms with Crippen LogP contribution in [0.1, 0.15) is 31.7 Å². The molecule has 0 heterocycles. The van der Waals surface area contributed by atoms with Crippen molar-refractivity contribution >= 4 is 11.4 Å². The van der Waals surface area contributed by atoms with Gasteiger partial charge in [0.25, 0.3) is 0 Å². The van der Waals surface area contributed by atoms with Crippen LogP contribution in [0.3, 0.4) is 0 Å². The molecule has 1 aromatic rings. The average molecular weight is 240 g/mol. The molecule has 0 saturated heterocycles. The minimum Gasteiger partial charge on any atom is -0.411 e. The topological polar surface area (TPSA) is 75.7 Å². The molecule has 17 heavy (non-hydrogen) atoms. The van der Waals surface area contributed by atoms with Gasteiger partial charge in [-0.3, -0.25) is 10.1 Å². The Morgan fingerprint density at radius 3 is 2.76 bits per heavy atom. The van der Waals surface area contributed by atoms with E-state index in [0.29, 0.717) is 17.7 Å². The van der Waals surface area contributed by atoms with E-state index in [1.165, 1.54) is 6.07 Å². The van der Waals surface area contributed by atoms with Crippen LogP contribution >= 0.6 is 0 Å². The van der Waals surface area contributed by atoms with E-state index in [9.17, 15) is 14.5 Å². The number of benzene rings is 1. The fourth-order valence-electron chi connectivity index (χ4n) is 1.43. The molecule has 0 fully saturated rings. The summed E-state index contributed by atoms with van der Waals surface area (Å²) < 4.78 is 13.3. The zero-order valence-electron chi connectivity index (χ0n) is 9.39. The second-order valence-electron chi connectivity index (χ2n) is 3.57. The number of hydrogen-bond acceptors (Lipinski definition) is 4. The van der Waals surface area contributed by atoms with Crippen molar-refractivity contribution in [3.8, 4) is 0 Å². The zero-order valence-corrected chi connectivity index (χ0v) is 9.39. The van der Waals surface area contributed by atoms with Gasteiger partial charge in [0.2, 0.25) is 5.82 Å². The van der Waals surface area contributed by atoms with Gasteiger partial charge in [0.15, 0.2) is 0 Å². The molecule has 0 amide bonds. The number of hydrogen-bond donors (Lipinski definition) is 1. The third-order valence-electron chi connectivity index (χ3n) is 2.37. The molecule has 6 heteroatoms. The van der Waals surface area contributed by atoms with Crippen LogP contribution in [0.5, 0.6) is 0 Å². The Kier molecular flexibility index (Phi) is 4.56. The van der Waals surface area contributed by atoms with E-state index in [1.807, 2.05) is 6.92 Å². The molecule has 0 spiro atoms. The van der Waals surface area contributed by atoms with Gasteiger partial charge in [-0.05, 0) is 25.0 Å². The van der Waals surface area contributed by atoms with Crippen molar-refractivity contribution in [3.05, 3.63) is 39.7 Å². The molecular weight excluding hydrogens is 227 g/mol. The van der Waals surface area contributed by atoms with Crippen LogP contribution in [0.4, 0.5) is 10.1 Å². The molecule has 0 bridgehead atoms. The van der Waals surface area contributed by atoms with Crippen LogP contribution in [0.25, 0.3) is 0 Å². The SMILES string of the molecule is CCCCC(=NO)c1ccc([N+](=O)[O-])c(F)c1. The first kappa shape index (κ1) is 13.1. The monoisotopic (exact) mass is 240 g/mol. The Bertz CT molecular complexity index is 446. The Balaban J connectivity index is 2.99. The molecule has 0 saturated carbocycles. The van der Waals surface area contributed by atoms with Crippen molar-refractivity contribution in [2.75, 3.05) is 0 Å². The average Bonchev–Trinajstić information content (AvgIpc) is 2.29. The minimum atomic E-state index is -0.926. The third kappa shape index (κ3) is 3.24. The summed E-state index contributed by atoms with van der Waals surface area (Å²) in [5, 5.41) is 22.3. The molecule has 0 aromatic heterocycles. The maximum Gasteiger partial charge on any atom is 0.304 e. The molecular formula is C11H13FN2O3. The summed E-state index contributed by atoms with van der Waals surface area (Å²) in [6.07, 6.45) is 2.22. The van der Waals surface area contributed by atoms with Crippen molar-refractivity contribution < 1.29 is 14.5 Å². The van der Waals surface area contributed by atoms with Gasteiger partial charge in [0, 0.05) is 11.6 Å². The summed E-state index contributed by atoms with van der Waals surface area (Å²) in [6, 6.07) is 3.47. The second kappa shape index (κ2) is 5.93. The highest BCUT2D eigenvalue weighted by Crippen LogP contribution is 2.19. The molecule has 0 aliphatic rings. The largest absolute Gasteiger partial charge is 0.411 e. The fourth-order valence-corrected chi connectivity index (χ4v) is 1.43. The summed E-state index contributed by atoms with van der Waals surface area (Å²) in [4.78, 5) is 9.64. The standard InChI is InChI=1S/C11H13FN2O3/c1-2-3-4-10(13-15)8-5-6-11(14(16)17)9(12)7-8/h5-7,15H,2-4H2,1H3. The highest BCUT2D eigenvalue weighted by Gasteiger charge is 2.15. The first-order valence-corrected chi connectivity index (χ1v) is 5.25. The Hall–Kier alpha value is -1.98. The van der Waals surface area contributed by atoms with Crippen molar-refractivity contribution in [1.82, 2.24) is 0 Å². The highest BCUT2D eigenvalue weighted by molar-refractivity contribution is 6.00. The van der Waals surface area contributed by atoms with Gasteiger partial charge >= 0.3 is 5.69 Å². The second-order valence-corrected chi connectivity index (χ2v) is 3.57. The molecule has 0 radical (unpaired) electrons. The van der Waals surface area contributed by atoms with Crippen molar-refractivity contribution in [1.29, 1.82) is 0 Å². The first-order chi connectivity index (χ1) is 8.10. The highest BCUT2D eigenvalue weighted by atomic mass is 19.1. The number of rotatable bonds is 5. The van der Waals surface area contributed by atoms with Gasteiger partial charge in [-0.1, -0.05) is 18.5 Å².